The first-order valence-corrected chi connectivity index (χ1v) is 25.5. The molecule has 14 nitrogen and oxygen atoms in total. The lowest BCUT2D eigenvalue weighted by molar-refractivity contribution is -0.130. The van der Waals surface area contributed by atoms with Crippen molar-refractivity contribution in [2.75, 3.05) is 48.1 Å². The van der Waals surface area contributed by atoms with Gasteiger partial charge in [-0.2, -0.15) is 9.29 Å². The highest BCUT2D eigenvalue weighted by atomic mass is 32.3. The van der Waals surface area contributed by atoms with Crippen molar-refractivity contribution < 1.29 is 46.1 Å². The smallest absolute Gasteiger partial charge is 0.273 e. The SMILES string of the molecule is CCN(CC)S1(O)O/C(C)=C\c2nc(=O)ccn2[C@@H]2O[C@H](COC(c3ccccc3)(c3ccc(OC)cc3)c3ccc(OC)cc3)[C@@H](OC(c3ccccc3)(c3ccc(OC)cc3)c3ccc(OC)cc3)[C@@H]2O1. The van der Waals surface area contributed by atoms with Crippen LogP contribution in [-0.2, 0) is 33.8 Å². The molecule has 6 aromatic carbocycles. The van der Waals surface area contributed by atoms with Crippen molar-refractivity contribution in [1.82, 2.24) is 13.9 Å². The van der Waals surface area contributed by atoms with Crippen LogP contribution >= 0.6 is 11.1 Å². The minimum absolute atomic E-state index is 0.123. The molecule has 2 aliphatic rings. The summed E-state index contributed by atoms with van der Waals surface area (Å²) < 4.78 is 75.9. The minimum atomic E-state index is -3.62. The predicted octanol–water partition coefficient (Wildman–Crippen LogP) is 10.7. The Balaban J connectivity index is 1.31. The molecule has 0 amide bonds. The number of rotatable bonds is 18. The van der Waals surface area contributed by atoms with Crippen LogP contribution in [0.2, 0.25) is 0 Å². The largest absolute Gasteiger partial charge is 0.497 e. The van der Waals surface area contributed by atoms with Crippen LogP contribution in [0, 0.1) is 0 Å². The summed E-state index contributed by atoms with van der Waals surface area (Å²) in [7, 11) is 6.51. The van der Waals surface area contributed by atoms with E-state index in [1.807, 2.05) is 172 Å². The monoisotopic (exact) mass is 1010 g/mol. The van der Waals surface area contributed by atoms with Crippen LogP contribution in [-0.4, -0.2) is 84.9 Å². The number of ether oxygens (including phenoxy) is 7. The summed E-state index contributed by atoms with van der Waals surface area (Å²) in [6.45, 7) is 6.14. The van der Waals surface area contributed by atoms with Crippen LogP contribution < -0.4 is 24.5 Å². The fourth-order valence-electron chi connectivity index (χ4n) is 9.78. The van der Waals surface area contributed by atoms with Gasteiger partial charge in [0, 0.05) is 31.4 Å². The van der Waals surface area contributed by atoms with Crippen molar-refractivity contribution >= 4 is 17.1 Å². The molecule has 0 aliphatic carbocycles. The highest BCUT2D eigenvalue weighted by molar-refractivity contribution is 8.19. The van der Waals surface area contributed by atoms with Crippen molar-refractivity contribution in [1.29, 1.82) is 0 Å². The molecule has 15 heteroatoms. The zero-order chi connectivity index (χ0) is 51.2. The average Bonchev–Trinajstić information content (AvgIpc) is 3.77. The van der Waals surface area contributed by atoms with E-state index in [-0.39, 0.29) is 18.2 Å². The molecule has 9 rings (SSSR count). The van der Waals surface area contributed by atoms with Gasteiger partial charge in [0.25, 0.3) is 5.56 Å². The summed E-state index contributed by atoms with van der Waals surface area (Å²) in [5.41, 5.74) is 1.52. The Labute approximate surface area is 428 Å². The van der Waals surface area contributed by atoms with E-state index in [9.17, 15) is 9.35 Å². The minimum Gasteiger partial charge on any atom is -0.497 e. The van der Waals surface area contributed by atoms with Gasteiger partial charge in [0.05, 0.1) is 35.0 Å². The number of fused-ring (bicyclic) bond motifs is 3. The Hall–Kier alpha value is -6.95. The van der Waals surface area contributed by atoms with E-state index in [2.05, 4.69) is 4.98 Å². The van der Waals surface area contributed by atoms with Gasteiger partial charge >= 0.3 is 0 Å². The third-order valence-corrected chi connectivity index (χ3v) is 15.5. The summed E-state index contributed by atoms with van der Waals surface area (Å²) in [5.74, 6) is 3.14. The molecule has 0 spiro atoms. The number of aromatic nitrogens is 2. The molecular formula is C58H61N3O11S. The van der Waals surface area contributed by atoms with Gasteiger partial charge in [-0.25, -0.2) is 0 Å². The van der Waals surface area contributed by atoms with Gasteiger partial charge in [-0.3, -0.25) is 13.5 Å². The number of benzene rings is 6. The van der Waals surface area contributed by atoms with Crippen LogP contribution in [0.5, 0.6) is 23.0 Å². The number of allylic oxidation sites excluding steroid dienone is 1. The van der Waals surface area contributed by atoms with Crippen molar-refractivity contribution in [2.24, 2.45) is 0 Å². The zero-order valence-corrected chi connectivity index (χ0v) is 42.8. The number of hydrogen-bond donors (Lipinski definition) is 1. The third-order valence-electron chi connectivity index (χ3n) is 13.4. The van der Waals surface area contributed by atoms with Crippen molar-refractivity contribution in [3.8, 4) is 23.0 Å². The molecule has 1 unspecified atom stereocenters. The Morgan fingerprint density at radius 1 is 0.616 bits per heavy atom. The highest BCUT2D eigenvalue weighted by Gasteiger charge is 2.56. The molecule has 1 fully saturated rings. The third kappa shape index (κ3) is 9.97. The maximum absolute atomic E-state index is 13.1. The fourth-order valence-corrected chi connectivity index (χ4v) is 11.6. The molecule has 73 heavy (non-hydrogen) atoms. The Kier molecular flexibility index (Phi) is 15.4. The van der Waals surface area contributed by atoms with Gasteiger partial charge in [0.15, 0.2) is 12.3 Å². The topological polar surface area (TPSA) is 141 Å². The van der Waals surface area contributed by atoms with Crippen LogP contribution in [0.1, 0.15) is 66.2 Å². The molecule has 3 heterocycles. The molecule has 0 radical (unpaired) electrons. The van der Waals surface area contributed by atoms with E-state index in [4.69, 9.17) is 41.5 Å². The van der Waals surface area contributed by atoms with E-state index in [0.717, 1.165) is 33.4 Å². The molecule has 5 atom stereocenters. The zero-order valence-electron chi connectivity index (χ0n) is 42.0. The van der Waals surface area contributed by atoms with E-state index in [1.54, 1.807) is 56.5 Å². The second-order valence-electron chi connectivity index (χ2n) is 17.5. The van der Waals surface area contributed by atoms with E-state index < -0.39 is 52.4 Å². The van der Waals surface area contributed by atoms with E-state index >= 15 is 0 Å². The Bertz CT molecular complexity index is 2920. The summed E-state index contributed by atoms with van der Waals surface area (Å²) in [4.78, 5) is 17.6. The molecule has 1 saturated heterocycles. The maximum Gasteiger partial charge on any atom is 0.273 e. The van der Waals surface area contributed by atoms with E-state index in [0.29, 0.717) is 36.1 Å². The fraction of sp³-hybridized carbons (Fsp3) is 0.276. The van der Waals surface area contributed by atoms with Gasteiger partial charge in [0.1, 0.15) is 58.0 Å². The van der Waals surface area contributed by atoms with Gasteiger partial charge in [-0.1, -0.05) is 123 Å². The van der Waals surface area contributed by atoms with Crippen LogP contribution in [0.15, 0.2) is 181 Å². The maximum atomic E-state index is 13.1. The van der Waals surface area contributed by atoms with Gasteiger partial charge in [-0.15, -0.1) is 0 Å². The lowest BCUT2D eigenvalue weighted by atomic mass is 9.79. The van der Waals surface area contributed by atoms with Gasteiger partial charge in [0.2, 0.25) is 11.1 Å². The molecule has 7 aromatic rings. The van der Waals surface area contributed by atoms with Crippen molar-refractivity contribution in [3.63, 3.8) is 0 Å². The van der Waals surface area contributed by atoms with Gasteiger partial charge < -0.3 is 41.9 Å². The first-order valence-electron chi connectivity index (χ1n) is 24.1. The Morgan fingerprint density at radius 3 is 1.48 bits per heavy atom. The normalized spacial score (nSPS) is 21.4. The van der Waals surface area contributed by atoms with Gasteiger partial charge in [-0.05, 0) is 88.8 Å². The molecule has 1 aromatic heterocycles. The lowest BCUT2D eigenvalue weighted by Gasteiger charge is -2.45. The average molecular weight is 1010 g/mol. The van der Waals surface area contributed by atoms with E-state index in [1.165, 1.54) is 6.07 Å². The van der Waals surface area contributed by atoms with Crippen molar-refractivity contribution in [2.45, 2.75) is 56.5 Å². The first-order chi connectivity index (χ1) is 35.5. The standard InChI is InChI=1S/C58H61N3O11S/c1-8-60(9-2)73(63)71-40(3)38-52-59-53(62)36-37-61(52)56-55(72-73)54(70-58(42-18-14-11-15-19-42,45-24-32-49(66-6)33-25-45)46-26-34-50(67-7)35-27-46)51(69-56)39-68-57(41-16-12-10-13-17-41,43-20-28-47(64-4)29-21-43)44-22-30-48(65-5)31-23-44/h10-38,51,54-56,63H,8-9,39H2,1-7H3/b40-38-/t51-,54-,55+,56-/m1/s1. The Morgan fingerprint density at radius 2 is 1.04 bits per heavy atom. The molecule has 0 bridgehead atoms. The summed E-state index contributed by atoms with van der Waals surface area (Å²) >= 11 is -3.62. The first kappa shape index (κ1) is 51.0. The van der Waals surface area contributed by atoms with Crippen LogP contribution in [0.25, 0.3) is 6.08 Å². The second kappa shape index (κ2) is 22.0. The number of nitrogens with zero attached hydrogens (tertiary/aromatic N) is 3. The molecule has 1 N–H and O–H groups in total. The van der Waals surface area contributed by atoms with Crippen molar-refractivity contribution in [3.05, 3.63) is 225 Å². The van der Waals surface area contributed by atoms with Crippen LogP contribution in [0.4, 0.5) is 0 Å². The van der Waals surface area contributed by atoms with Crippen LogP contribution in [0.3, 0.4) is 0 Å². The second-order valence-corrected chi connectivity index (χ2v) is 19.2. The summed E-state index contributed by atoms with van der Waals surface area (Å²) in [6.07, 6.45) is -1.15. The predicted molar refractivity (Wildman–Crippen MR) is 281 cm³/mol. The highest BCUT2D eigenvalue weighted by Crippen LogP contribution is 2.57. The molecular weight excluding hydrogens is 947 g/mol. The molecule has 2 aliphatic heterocycles. The lowest BCUT2D eigenvalue weighted by Crippen LogP contribution is -2.48. The summed E-state index contributed by atoms with van der Waals surface area (Å²) in [6, 6.07) is 52.4. The number of methoxy groups -OCH3 is 4. The quantitative estimate of drug-likeness (QED) is 0.0816. The summed E-state index contributed by atoms with van der Waals surface area (Å²) in [5, 5.41) is 0. The number of hydrogen-bond acceptors (Lipinski definition) is 13. The molecule has 380 valence electrons. The molecule has 0 saturated carbocycles.